The van der Waals surface area contributed by atoms with Crippen molar-refractivity contribution in [2.24, 2.45) is 0 Å². The molecular formula is C7H3ClF3IO. The lowest BCUT2D eigenvalue weighted by molar-refractivity contribution is 0.396. The van der Waals surface area contributed by atoms with E-state index in [9.17, 15) is 13.2 Å². The Bertz CT molecular complexity index is 343. The Labute approximate surface area is 90.7 Å². The molecule has 0 heterocycles. The summed E-state index contributed by atoms with van der Waals surface area (Å²) >= 11 is 6.92. The maximum atomic E-state index is 12.9. The van der Waals surface area contributed by atoms with Crippen molar-refractivity contribution in [3.8, 4) is 5.75 Å². The van der Waals surface area contributed by atoms with Crippen molar-refractivity contribution in [2.75, 3.05) is 0 Å². The van der Waals surface area contributed by atoms with Gasteiger partial charge in [0.05, 0.1) is 5.56 Å². The Morgan fingerprint density at radius 1 is 1.31 bits per heavy atom. The number of rotatable bonds is 1. The molecule has 1 atom stereocenters. The summed E-state index contributed by atoms with van der Waals surface area (Å²) in [5.74, 6) is -5.07. The van der Waals surface area contributed by atoms with Crippen molar-refractivity contribution >= 4 is 34.2 Å². The monoisotopic (exact) mass is 322 g/mol. The standard InChI is InChI=1S/C7H3ClF3IO/c8-7(12)4-2(9)1-3(13)5(10)6(4)11/h1,7,13H. The van der Waals surface area contributed by atoms with Crippen LogP contribution < -0.4 is 0 Å². The second kappa shape index (κ2) is 3.91. The lowest BCUT2D eigenvalue weighted by Gasteiger charge is -2.07. The zero-order valence-corrected chi connectivity index (χ0v) is 8.91. The Morgan fingerprint density at radius 2 is 1.85 bits per heavy atom. The highest BCUT2D eigenvalue weighted by Gasteiger charge is 2.22. The Hall–Kier alpha value is -0.170. The molecule has 1 unspecified atom stereocenters. The van der Waals surface area contributed by atoms with E-state index in [-0.39, 0.29) is 0 Å². The SMILES string of the molecule is Oc1cc(F)c(C(Cl)I)c(F)c1F. The maximum absolute atomic E-state index is 12.9. The number of hydrogen-bond donors (Lipinski definition) is 1. The third kappa shape index (κ3) is 2.01. The van der Waals surface area contributed by atoms with E-state index >= 15 is 0 Å². The summed E-state index contributed by atoms with van der Waals surface area (Å²) in [4.78, 5) is 0. The van der Waals surface area contributed by atoms with Gasteiger partial charge in [-0.25, -0.2) is 8.78 Å². The Morgan fingerprint density at radius 3 is 2.31 bits per heavy atom. The fourth-order valence-electron chi connectivity index (χ4n) is 0.797. The molecule has 1 rings (SSSR count). The summed E-state index contributed by atoms with van der Waals surface area (Å²) in [7, 11) is 0. The van der Waals surface area contributed by atoms with Crippen LogP contribution in [0.3, 0.4) is 0 Å². The number of hydrogen-bond acceptors (Lipinski definition) is 1. The minimum atomic E-state index is -1.49. The minimum absolute atomic E-state index is 0.488. The molecule has 0 aromatic heterocycles. The molecule has 0 aliphatic carbocycles. The molecule has 1 aromatic carbocycles. The first-order chi connectivity index (χ1) is 5.95. The first-order valence-corrected chi connectivity index (χ1v) is 4.78. The van der Waals surface area contributed by atoms with Crippen LogP contribution in [0.1, 0.15) is 8.95 Å². The van der Waals surface area contributed by atoms with E-state index in [1.54, 1.807) is 0 Å². The van der Waals surface area contributed by atoms with Gasteiger partial charge in [-0.15, -0.1) is 11.6 Å². The van der Waals surface area contributed by atoms with Gasteiger partial charge in [-0.2, -0.15) is 4.39 Å². The maximum Gasteiger partial charge on any atom is 0.200 e. The minimum Gasteiger partial charge on any atom is -0.505 e. The van der Waals surface area contributed by atoms with Crippen molar-refractivity contribution in [1.29, 1.82) is 0 Å². The molecule has 0 bridgehead atoms. The van der Waals surface area contributed by atoms with Crippen LogP contribution in [0, 0.1) is 17.5 Å². The summed E-state index contributed by atoms with van der Waals surface area (Å²) in [5.41, 5.74) is -0.586. The summed E-state index contributed by atoms with van der Waals surface area (Å²) in [5, 5.41) is 8.69. The predicted molar refractivity (Wildman–Crippen MR) is 50.6 cm³/mol. The number of benzene rings is 1. The van der Waals surface area contributed by atoms with Gasteiger partial charge in [0, 0.05) is 6.07 Å². The highest BCUT2D eigenvalue weighted by atomic mass is 127. The summed E-state index contributed by atoms with van der Waals surface area (Å²) < 4.78 is 37.5. The van der Waals surface area contributed by atoms with Crippen LogP contribution in [0.25, 0.3) is 0 Å². The highest BCUT2D eigenvalue weighted by molar-refractivity contribution is 14.1. The van der Waals surface area contributed by atoms with E-state index in [1.807, 2.05) is 0 Å². The van der Waals surface area contributed by atoms with E-state index in [2.05, 4.69) is 0 Å². The molecule has 6 heteroatoms. The van der Waals surface area contributed by atoms with Gasteiger partial charge < -0.3 is 5.11 Å². The normalized spacial score (nSPS) is 13.0. The molecule has 1 N–H and O–H groups in total. The van der Waals surface area contributed by atoms with Crippen molar-refractivity contribution in [3.05, 3.63) is 29.1 Å². The topological polar surface area (TPSA) is 20.2 Å². The molecule has 72 valence electrons. The van der Waals surface area contributed by atoms with E-state index < -0.39 is 32.1 Å². The van der Waals surface area contributed by atoms with Crippen molar-refractivity contribution in [3.63, 3.8) is 0 Å². The smallest absolute Gasteiger partial charge is 0.200 e. The third-order valence-electron chi connectivity index (χ3n) is 1.39. The van der Waals surface area contributed by atoms with Gasteiger partial charge in [0.25, 0.3) is 0 Å². The molecule has 0 aliphatic heterocycles. The van der Waals surface area contributed by atoms with Gasteiger partial charge in [-0.1, -0.05) is 22.6 Å². The summed E-state index contributed by atoms with van der Waals surface area (Å²) in [6, 6.07) is 0.488. The number of aromatic hydroxyl groups is 1. The van der Waals surface area contributed by atoms with Crippen LogP contribution in [-0.2, 0) is 0 Å². The molecule has 0 amide bonds. The zero-order valence-electron chi connectivity index (χ0n) is 5.99. The molecule has 0 saturated heterocycles. The molecule has 13 heavy (non-hydrogen) atoms. The van der Waals surface area contributed by atoms with Crippen LogP contribution in [0.2, 0.25) is 0 Å². The number of phenols is 1. The van der Waals surface area contributed by atoms with Crippen molar-refractivity contribution < 1.29 is 18.3 Å². The second-order valence-electron chi connectivity index (χ2n) is 2.22. The molecule has 0 spiro atoms. The number of halogens is 5. The number of phenolic OH excluding ortho intramolecular Hbond substituents is 1. The van der Waals surface area contributed by atoms with E-state index in [1.165, 1.54) is 22.6 Å². The highest BCUT2D eigenvalue weighted by Crippen LogP contribution is 2.35. The zero-order chi connectivity index (χ0) is 10.2. The fraction of sp³-hybridized carbons (Fsp3) is 0.143. The van der Waals surface area contributed by atoms with Gasteiger partial charge in [0.2, 0.25) is 5.82 Å². The van der Waals surface area contributed by atoms with E-state index in [4.69, 9.17) is 16.7 Å². The first kappa shape index (κ1) is 10.9. The molecule has 0 aliphatic rings. The van der Waals surface area contributed by atoms with Crippen LogP contribution >= 0.6 is 34.2 Å². The first-order valence-electron chi connectivity index (χ1n) is 3.09. The average Bonchev–Trinajstić information content (AvgIpc) is 1.99. The Balaban J connectivity index is 3.44. The molecule has 0 radical (unpaired) electrons. The quantitative estimate of drug-likeness (QED) is 0.477. The molecule has 0 fully saturated rings. The van der Waals surface area contributed by atoms with Gasteiger partial charge in [-0.3, -0.25) is 0 Å². The summed E-state index contributed by atoms with van der Waals surface area (Å²) in [6.45, 7) is 0. The molecule has 0 saturated carbocycles. The molecule has 1 aromatic rings. The lowest BCUT2D eigenvalue weighted by atomic mass is 10.2. The van der Waals surface area contributed by atoms with Gasteiger partial charge >= 0.3 is 0 Å². The van der Waals surface area contributed by atoms with Crippen LogP contribution in [-0.4, -0.2) is 5.11 Å². The average molecular weight is 322 g/mol. The molecule has 1 nitrogen and oxygen atoms in total. The van der Waals surface area contributed by atoms with Gasteiger partial charge in [0.15, 0.2) is 11.6 Å². The van der Waals surface area contributed by atoms with Crippen molar-refractivity contribution in [1.82, 2.24) is 0 Å². The Kier molecular flexibility index (Phi) is 3.28. The second-order valence-corrected chi connectivity index (χ2v) is 4.64. The number of alkyl halides is 2. The fourth-order valence-corrected chi connectivity index (χ4v) is 1.57. The van der Waals surface area contributed by atoms with Crippen LogP contribution in [0.4, 0.5) is 13.2 Å². The predicted octanol–water partition coefficient (Wildman–Crippen LogP) is 3.48. The molecular weight excluding hydrogens is 319 g/mol. The van der Waals surface area contributed by atoms with Crippen LogP contribution in [0.15, 0.2) is 6.07 Å². The van der Waals surface area contributed by atoms with Crippen molar-refractivity contribution in [2.45, 2.75) is 3.38 Å². The van der Waals surface area contributed by atoms with Crippen LogP contribution in [0.5, 0.6) is 5.75 Å². The van der Waals surface area contributed by atoms with E-state index in [0.717, 1.165) is 0 Å². The van der Waals surface area contributed by atoms with E-state index in [0.29, 0.717) is 6.07 Å². The summed E-state index contributed by atoms with van der Waals surface area (Å²) in [6.07, 6.45) is 0. The van der Waals surface area contributed by atoms with Gasteiger partial charge in [-0.05, 0) is 0 Å². The van der Waals surface area contributed by atoms with Gasteiger partial charge in [0.1, 0.15) is 9.20 Å². The third-order valence-corrected chi connectivity index (χ3v) is 2.23. The lowest BCUT2D eigenvalue weighted by Crippen LogP contribution is -1.98. The largest absolute Gasteiger partial charge is 0.505 e.